The Balaban J connectivity index is 1.64. The molecule has 10 heteroatoms. The number of anilines is 1. The number of nitriles is 1. The summed E-state index contributed by atoms with van der Waals surface area (Å²) >= 11 is 1.07. The number of nitro benzene ring substituents is 1. The molecule has 0 saturated heterocycles. The van der Waals surface area contributed by atoms with Crippen LogP contribution in [-0.2, 0) is 4.79 Å². The van der Waals surface area contributed by atoms with Crippen molar-refractivity contribution in [2.45, 2.75) is 12.1 Å². The molecule has 0 aliphatic rings. The van der Waals surface area contributed by atoms with E-state index in [1.807, 2.05) is 31.2 Å². The molecule has 9 nitrogen and oxygen atoms in total. The number of nitrogens with zero attached hydrogens (tertiary/aromatic N) is 4. The molecular weight excluding hydrogens is 454 g/mol. The van der Waals surface area contributed by atoms with Gasteiger partial charge in [0.2, 0.25) is 5.91 Å². The van der Waals surface area contributed by atoms with Gasteiger partial charge in [-0.1, -0.05) is 36.0 Å². The summed E-state index contributed by atoms with van der Waals surface area (Å²) in [6.07, 6.45) is 0. The first-order valence-electron chi connectivity index (χ1n) is 10.1. The van der Waals surface area contributed by atoms with Gasteiger partial charge in [-0.3, -0.25) is 24.3 Å². The third-order valence-electron chi connectivity index (χ3n) is 4.95. The van der Waals surface area contributed by atoms with Crippen LogP contribution in [0.15, 0.2) is 76.7 Å². The number of nitrogens with one attached hydrogen (secondary N) is 1. The van der Waals surface area contributed by atoms with Crippen molar-refractivity contribution in [2.24, 2.45) is 0 Å². The third kappa shape index (κ3) is 4.65. The highest BCUT2D eigenvalue weighted by Crippen LogP contribution is 2.24. The lowest BCUT2D eigenvalue weighted by molar-refractivity contribution is -0.384. The van der Waals surface area contributed by atoms with Crippen molar-refractivity contribution in [3.8, 4) is 11.8 Å². The fourth-order valence-electron chi connectivity index (χ4n) is 3.37. The number of non-ortho nitro benzene ring substituents is 1. The van der Waals surface area contributed by atoms with E-state index in [-0.39, 0.29) is 28.3 Å². The van der Waals surface area contributed by atoms with Crippen molar-refractivity contribution >= 4 is 39.9 Å². The monoisotopic (exact) mass is 471 g/mol. The molecule has 1 amide bonds. The van der Waals surface area contributed by atoms with Crippen molar-refractivity contribution in [3.63, 3.8) is 0 Å². The molecule has 0 bridgehead atoms. The normalized spacial score (nSPS) is 10.6. The Kier molecular flexibility index (Phi) is 6.38. The van der Waals surface area contributed by atoms with Gasteiger partial charge in [-0.15, -0.1) is 0 Å². The van der Waals surface area contributed by atoms with Crippen molar-refractivity contribution in [3.05, 3.63) is 98.3 Å². The fraction of sp³-hybridized carbons (Fsp3) is 0.0833. The van der Waals surface area contributed by atoms with Gasteiger partial charge in [0.15, 0.2) is 5.16 Å². The van der Waals surface area contributed by atoms with E-state index in [1.165, 1.54) is 16.7 Å². The van der Waals surface area contributed by atoms with Crippen LogP contribution >= 0.6 is 11.8 Å². The van der Waals surface area contributed by atoms with Gasteiger partial charge in [0, 0.05) is 12.1 Å². The molecule has 0 spiro atoms. The summed E-state index contributed by atoms with van der Waals surface area (Å²) < 4.78 is 1.47. The van der Waals surface area contributed by atoms with Crippen molar-refractivity contribution in [1.82, 2.24) is 9.55 Å². The summed E-state index contributed by atoms with van der Waals surface area (Å²) in [5, 5.41) is 23.6. The Morgan fingerprint density at radius 2 is 1.97 bits per heavy atom. The van der Waals surface area contributed by atoms with E-state index in [0.717, 1.165) is 23.4 Å². The average molecular weight is 471 g/mol. The molecule has 4 aromatic rings. The number of hydrogen-bond acceptors (Lipinski definition) is 7. The summed E-state index contributed by atoms with van der Waals surface area (Å²) in [7, 11) is 0. The lowest BCUT2D eigenvalue weighted by atomic mass is 10.1. The van der Waals surface area contributed by atoms with Crippen LogP contribution in [-0.4, -0.2) is 26.1 Å². The summed E-state index contributed by atoms with van der Waals surface area (Å²) in [5.74, 6) is -0.549. The standard InChI is InChI=1S/C24H17N5O4S/c1-15-5-4-6-17(11-15)28-23(31)19-7-2-3-8-21(19)27-24(28)34-14-22(30)26-20-10-9-18(29(32)33)12-16(20)13-25/h2-12H,14H2,1H3,(H,26,30). The smallest absolute Gasteiger partial charge is 0.270 e. The molecule has 0 radical (unpaired) electrons. The van der Waals surface area contributed by atoms with Crippen molar-refractivity contribution in [2.75, 3.05) is 11.1 Å². The van der Waals surface area contributed by atoms with Crippen LogP contribution in [0.2, 0.25) is 0 Å². The molecule has 3 aromatic carbocycles. The first-order valence-corrected chi connectivity index (χ1v) is 11.1. The number of para-hydroxylation sites is 1. The summed E-state index contributed by atoms with van der Waals surface area (Å²) in [4.78, 5) is 40.8. The van der Waals surface area contributed by atoms with Crippen LogP contribution in [0.3, 0.4) is 0 Å². The summed E-state index contributed by atoms with van der Waals surface area (Å²) in [6, 6.07) is 19.9. The van der Waals surface area contributed by atoms with E-state index in [4.69, 9.17) is 0 Å². The van der Waals surface area contributed by atoms with E-state index in [2.05, 4.69) is 10.3 Å². The molecule has 1 heterocycles. The highest BCUT2D eigenvalue weighted by Gasteiger charge is 2.17. The van der Waals surface area contributed by atoms with E-state index in [1.54, 1.807) is 30.3 Å². The van der Waals surface area contributed by atoms with Crippen LogP contribution in [0.5, 0.6) is 0 Å². The van der Waals surface area contributed by atoms with Crippen molar-refractivity contribution < 1.29 is 9.72 Å². The molecule has 4 rings (SSSR count). The quantitative estimate of drug-likeness (QED) is 0.193. The predicted octanol–water partition coefficient (Wildman–Crippen LogP) is 4.20. The molecule has 0 saturated carbocycles. The topological polar surface area (TPSA) is 131 Å². The maximum Gasteiger partial charge on any atom is 0.270 e. The van der Waals surface area contributed by atoms with Gasteiger partial charge in [0.1, 0.15) is 6.07 Å². The number of carbonyl (C=O) groups is 1. The maximum atomic E-state index is 13.3. The average Bonchev–Trinajstić information content (AvgIpc) is 2.83. The number of carbonyl (C=O) groups excluding carboxylic acids is 1. The molecule has 0 aliphatic heterocycles. The Morgan fingerprint density at radius 1 is 1.18 bits per heavy atom. The number of aromatic nitrogens is 2. The van der Waals surface area contributed by atoms with Crippen LogP contribution in [0, 0.1) is 28.4 Å². The number of nitro groups is 1. The molecular formula is C24H17N5O4S. The third-order valence-corrected chi connectivity index (χ3v) is 5.88. The Hall–Kier alpha value is -4.49. The Morgan fingerprint density at radius 3 is 2.71 bits per heavy atom. The van der Waals surface area contributed by atoms with Gasteiger partial charge >= 0.3 is 0 Å². The maximum absolute atomic E-state index is 13.3. The molecule has 1 aromatic heterocycles. The zero-order valence-electron chi connectivity index (χ0n) is 17.9. The lowest BCUT2D eigenvalue weighted by Crippen LogP contribution is -2.23. The fourth-order valence-corrected chi connectivity index (χ4v) is 4.18. The SMILES string of the molecule is Cc1cccc(-n2c(SCC(=O)Nc3ccc([N+](=O)[O-])cc3C#N)nc3ccccc3c2=O)c1. The summed E-state index contributed by atoms with van der Waals surface area (Å²) in [5.41, 5.74) is 1.77. The second-order valence-corrected chi connectivity index (χ2v) is 8.27. The number of rotatable bonds is 6. The molecule has 0 fully saturated rings. The number of benzene rings is 3. The lowest BCUT2D eigenvalue weighted by Gasteiger charge is -2.14. The van der Waals surface area contributed by atoms with Crippen LogP contribution in [0.4, 0.5) is 11.4 Å². The molecule has 0 aliphatic carbocycles. The Labute approximate surface area is 197 Å². The van der Waals surface area contributed by atoms with Gasteiger partial charge in [-0.05, 0) is 42.8 Å². The zero-order chi connectivity index (χ0) is 24.2. The minimum absolute atomic E-state index is 0.0203. The highest BCUT2D eigenvalue weighted by atomic mass is 32.2. The molecule has 34 heavy (non-hydrogen) atoms. The number of hydrogen-bond donors (Lipinski definition) is 1. The number of fused-ring (bicyclic) bond motifs is 1. The zero-order valence-corrected chi connectivity index (χ0v) is 18.7. The number of aryl methyl sites for hydroxylation is 1. The van der Waals surface area contributed by atoms with Crippen LogP contribution < -0.4 is 10.9 Å². The number of thioether (sulfide) groups is 1. The minimum atomic E-state index is -0.613. The van der Waals surface area contributed by atoms with Crippen LogP contribution in [0.1, 0.15) is 11.1 Å². The summed E-state index contributed by atoms with van der Waals surface area (Å²) in [6.45, 7) is 1.92. The second-order valence-electron chi connectivity index (χ2n) is 7.33. The molecule has 168 valence electrons. The first-order chi connectivity index (χ1) is 16.4. The van der Waals surface area contributed by atoms with E-state index in [0.29, 0.717) is 21.7 Å². The largest absolute Gasteiger partial charge is 0.324 e. The van der Waals surface area contributed by atoms with Gasteiger partial charge in [-0.2, -0.15) is 5.26 Å². The molecule has 1 N–H and O–H groups in total. The van der Waals surface area contributed by atoms with Crippen molar-refractivity contribution in [1.29, 1.82) is 5.26 Å². The molecule has 0 atom stereocenters. The van der Waals surface area contributed by atoms with E-state index >= 15 is 0 Å². The second kappa shape index (κ2) is 9.56. The highest BCUT2D eigenvalue weighted by molar-refractivity contribution is 7.99. The molecule has 0 unspecified atom stereocenters. The predicted molar refractivity (Wildman–Crippen MR) is 129 cm³/mol. The van der Waals surface area contributed by atoms with Gasteiger partial charge in [0.25, 0.3) is 11.2 Å². The minimum Gasteiger partial charge on any atom is -0.324 e. The van der Waals surface area contributed by atoms with E-state index < -0.39 is 10.8 Å². The van der Waals surface area contributed by atoms with Crippen LogP contribution in [0.25, 0.3) is 16.6 Å². The Bertz CT molecular complexity index is 1540. The van der Waals surface area contributed by atoms with Gasteiger partial charge in [0.05, 0.1) is 38.5 Å². The first kappa shape index (κ1) is 22.7. The number of amides is 1. The van der Waals surface area contributed by atoms with Gasteiger partial charge in [-0.25, -0.2) is 4.98 Å². The van der Waals surface area contributed by atoms with Gasteiger partial charge < -0.3 is 5.32 Å². The van der Waals surface area contributed by atoms with E-state index in [9.17, 15) is 25.0 Å².